The minimum Gasteiger partial charge on any atom is -0.378 e. The summed E-state index contributed by atoms with van der Waals surface area (Å²) in [5.41, 5.74) is 1.36. The number of piperidine rings is 1. The first-order valence-corrected chi connectivity index (χ1v) is 9.24. The van der Waals surface area contributed by atoms with E-state index in [-0.39, 0.29) is 0 Å². The highest BCUT2D eigenvalue weighted by Crippen LogP contribution is 2.30. The summed E-state index contributed by atoms with van der Waals surface area (Å²) in [6.45, 7) is 6.10. The van der Waals surface area contributed by atoms with Crippen LogP contribution in [0.2, 0.25) is 0 Å². The molecule has 0 atom stereocenters. The van der Waals surface area contributed by atoms with Crippen LogP contribution in [-0.2, 0) is 11.3 Å². The Kier molecular flexibility index (Phi) is 5.37. The molecule has 1 aliphatic heterocycles. The number of aryl methyl sites for hydroxylation is 1. The van der Waals surface area contributed by atoms with Crippen LogP contribution in [0.1, 0.15) is 36.1 Å². The summed E-state index contributed by atoms with van der Waals surface area (Å²) in [6.07, 6.45) is 5.43. The van der Waals surface area contributed by atoms with Crippen molar-refractivity contribution in [2.24, 2.45) is 10.9 Å². The van der Waals surface area contributed by atoms with Crippen molar-refractivity contribution in [3.8, 4) is 0 Å². The SMILES string of the molecule is CN=C(NCc1sccc1C)N1CCC(OCC2CC2)CC1. The summed E-state index contributed by atoms with van der Waals surface area (Å²) >= 11 is 1.81. The van der Waals surface area contributed by atoms with Gasteiger partial charge in [0.25, 0.3) is 0 Å². The average Bonchev–Trinajstić information content (AvgIpc) is 3.29. The number of nitrogens with zero attached hydrogens (tertiary/aromatic N) is 2. The molecule has 0 aromatic carbocycles. The molecule has 0 radical (unpaired) electrons. The molecule has 0 bridgehead atoms. The lowest BCUT2D eigenvalue weighted by molar-refractivity contribution is 0.0131. The third kappa shape index (κ3) is 4.23. The Bertz CT molecular complexity index is 502. The highest BCUT2D eigenvalue weighted by Gasteiger charge is 2.26. The van der Waals surface area contributed by atoms with Crippen LogP contribution in [0.25, 0.3) is 0 Å². The maximum absolute atomic E-state index is 6.02. The Morgan fingerprint density at radius 2 is 2.14 bits per heavy atom. The van der Waals surface area contributed by atoms with Gasteiger partial charge in [0.15, 0.2) is 5.96 Å². The van der Waals surface area contributed by atoms with Gasteiger partial charge in [-0.05, 0) is 55.5 Å². The van der Waals surface area contributed by atoms with Crippen molar-refractivity contribution in [2.45, 2.75) is 45.3 Å². The van der Waals surface area contributed by atoms with E-state index in [1.54, 1.807) is 0 Å². The fourth-order valence-electron chi connectivity index (χ4n) is 2.87. The topological polar surface area (TPSA) is 36.9 Å². The summed E-state index contributed by atoms with van der Waals surface area (Å²) < 4.78 is 6.02. The van der Waals surface area contributed by atoms with Crippen LogP contribution in [0.5, 0.6) is 0 Å². The van der Waals surface area contributed by atoms with E-state index in [2.05, 4.69) is 33.6 Å². The lowest BCUT2D eigenvalue weighted by Crippen LogP contribution is -2.46. The molecule has 2 heterocycles. The van der Waals surface area contributed by atoms with Gasteiger partial charge in [-0.25, -0.2) is 0 Å². The fraction of sp³-hybridized carbons (Fsp3) is 0.706. The number of likely N-dealkylation sites (tertiary alicyclic amines) is 1. The van der Waals surface area contributed by atoms with Crippen LogP contribution in [-0.4, -0.2) is 43.7 Å². The molecule has 0 spiro atoms. The van der Waals surface area contributed by atoms with Gasteiger partial charge in [0, 0.05) is 31.6 Å². The summed E-state index contributed by atoms with van der Waals surface area (Å²) in [7, 11) is 1.87. The molecular formula is C17H27N3OS. The Labute approximate surface area is 137 Å². The van der Waals surface area contributed by atoms with Gasteiger partial charge in [-0.1, -0.05) is 0 Å². The summed E-state index contributed by atoms with van der Waals surface area (Å²) in [5, 5.41) is 5.65. The number of nitrogens with one attached hydrogen (secondary N) is 1. The van der Waals surface area contributed by atoms with Crippen molar-refractivity contribution in [1.29, 1.82) is 0 Å². The largest absolute Gasteiger partial charge is 0.378 e. The molecule has 1 N–H and O–H groups in total. The van der Waals surface area contributed by atoms with E-state index in [4.69, 9.17) is 4.74 Å². The second kappa shape index (κ2) is 7.47. The predicted octanol–water partition coefficient (Wildman–Crippen LogP) is 3.02. The van der Waals surface area contributed by atoms with Crippen molar-refractivity contribution >= 4 is 17.3 Å². The minimum atomic E-state index is 0.453. The zero-order valence-corrected chi connectivity index (χ0v) is 14.5. The third-order valence-electron chi connectivity index (χ3n) is 4.59. The molecule has 1 aromatic heterocycles. The van der Waals surface area contributed by atoms with Gasteiger partial charge in [-0.2, -0.15) is 0 Å². The fourth-order valence-corrected chi connectivity index (χ4v) is 3.71. The highest BCUT2D eigenvalue weighted by molar-refractivity contribution is 7.10. The standard InChI is InChI=1S/C17H27N3OS/c1-13-7-10-22-16(13)11-19-17(18-2)20-8-5-15(6-9-20)21-12-14-3-4-14/h7,10,14-15H,3-6,8-9,11-12H2,1-2H3,(H,18,19). The van der Waals surface area contributed by atoms with Crippen LogP contribution in [0.3, 0.4) is 0 Å². The first kappa shape index (κ1) is 15.8. The molecule has 1 aliphatic carbocycles. The molecule has 22 heavy (non-hydrogen) atoms. The van der Waals surface area contributed by atoms with Crippen molar-refractivity contribution in [3.63, 3.8) is 0 Å². The van der Waals surface area contributed by atoms with Gasteiger partial charge in [-0.15, -0.1) is 11.3 Å². The van der Waals surface area contributed by atoms with Crippen LogP contribution < -0.4 is 5.32 Å². The Morgan fingerprint density at radius 1 is 1.36 bits per heavy atom. The normalized spacial score (nSPS) is 20.5. The number of aliphatic imine (C=N–C) groups is 1. The van der Waals surface area contributed by atoms with Crippen LogP contribution in [0.4, 0.5) is 0 Å². The number of rotatable bonds is 5. The van der Waals surface area contributed by atoms with Crippen LogP contribution >= 0.6 is 11.3 Å². The molecule has 4 nitrogen and oxygen atoms in total. The molecule has 2 fully saturated rings. The van der Waals surface area contributed by atoms with Crippen molar-refractivity contribution < 1.29 is 4.74 Å². The maximum Gasteiger partial charge on any atom is 0.193 e. The summed E-state index contributed by atoms with van der Waals surface area (Å²) in [6, 6.07) is 2.17. The molecular weight excluding hydrogens is 294 g/mol. The molecule has 5 heteroatoms. The number of hydrogen-bond acceptors (Lipinski definition) is 3. The molecule has 2 aliphatic rings. The smallest absolute Gasteiger partial charge is 0.193 e. The van der Waals surface area contributed by atoms with E-state index in [0.717, 1.165) is 51.0 Å². The van der Waals surface area contributed by atoms with E-state index < -0.39 is 0 Å². The van der Waals surface area contributed by atoms with Gasteiger partial charge >= 0.3 is 0 Å². The first-order chi connectivity index (χ1) is 10.8. The maximum atomic E-state index is 6.02. The Morgan fingerprint density at radius 3 is 2.73 bits per heavy atom. The number of guanidine groups is 1. The van der Waals surface area contributed by atoms with Crippen molar-refractivity contribution in [1.82, 2.24) is 10.2 Å². The van der Waals surface area contributed by atoms with E-state index in [1.807, 2.05) is 18.4 Å². The van der Waals surface area contributed by atoms with Crippen LogP contribution in [0.15, 0.2) is 16.4 Å². The molecule has 1 aromatic rings. The zero-order chi connectivity index (χ0) is 15.4. The molecule has 1 saturated heterocycles. The number of ether oxygens (including phenoxy) is 1. The van der Waals surface area contributed by atoms with E-state index in [0.29, 0.717) is 6.10 Å². The first-order valence-electron chi connectivity index (χ1n) is 8.36. The number of hydrogen-bond donors (Lipinski definition) is 1. The molecule has 0 amide bonds. The second-order valence-corrected chi connectivity index (χ2v) is 7.39. The minimum absolute atomic E-state index is 0.453. The monoisotopic (exact) mass is 321 g/mol. The predicted molar refractivity (Wildman–Crippen MR) is 92.5 cm³/mol. The van der Waals surface area contributed by atoms with E-state index in [9.17, 15) is 0 Å². The van der Waals surface area contributed by atoms with Gasteiger partial charge < -0.3 is 15.0 Å². The quantitative estimate of drug-likeness (QED) is 0.669. The average molecular weight is 321 g/mol. The van der Waals surface area contributed by atoms with Crippen molar-refractivity contribution in [3.05, 3.63) is 21.9 Å². The summed E-state index contributed by atoms with van der Waals surface area (Å²) in [4.78, 5) is 8.20. The highest BCUT2D eigenvalue weighted by atomic mass is 32.1. The molecule has 0 unspecified atom stereocenters. The zero-order valence-electron chi connectivity index (χ0n) is 13.7. The van der Waals surface area contributed by atoms with E-state index >= 15 is 0 Å². The molecule has 122 valence electrons. The lowest BCUT2D eigenvalue weighted by Gasteiger charge is -2.34. The molecule has 1 saturated carbocycles. The summed E-state index contributed by atoms with van der Waals surface area (Å²) in [5.74, 6) is 1.88. The lowest BCUT2D eigenvalue weighted by atomic mass is 10.1. The van der Waals surface area contributed by atoms with E-state index in [1.165, 1.54) is 23.3 Å². The van der Waals surface area contributed by atoms with Gasteiger partial charge in [0.2, 0.25) is 0 Å². The second-order valence-electron chi connectivity index (χ2n) is 6.39. The third-order valence-corrected chi connectivity index (χ3v) is 5.62. The van der Waals surface area contributed by atoms with Gasteiger partial charge in [0.1, 0.15) is 0 Å². The Balaban J connectivity index is 1.43. The van der Waals surface area contributed by atoms with Gasteiger partial charge in [0.05, 0.1) is 12.6 Å². The Hall–Kier alpha value is -1.07. The number of thiophene rings is 1. The van der Waals surface area contributed by atoms with Crippen LogP contribution in [0, 0.1) is 12.8 Å². The van der Waals surface area contributed by atoms with Crippen molar-refractivity contribution in [2.75, 3.05) is 26.7 Å². The molecule has 3 rings (SSSR count). The van der Waals surface area contributed by atoms with Gasteiger partial charge in [-0.3, -0.25) is 4.99 Å².